The van der Waals surface area contributed by atoms with Crippen molar-refractivity contribution in [2.24, 2.45) is 0 Å². The van der Waals surface area contributed by atoms with E-state index in [4.69, 9.17) is 4.74 Å². The first-order chi connectivity index (χ1) is 10.4. The zero-order chi connectivity index (χ0) is 16.3. The molecular weight excluding hydrogens is 354 g/mol. The van der Waals surface area contributed by atoms with E-state index < -0.39 is 10.9 Å². The number of non-ortho nitro benzene ring substituents is 1. The number of nitrogens with zero attached hydrogens (tertiary/aromatic N) is 1. The van der Waals surface area contributed by atoms with Crippen LogP contribution in [0.2, 0.25) is 0 Å². The molecule has 22 heavy (non-hydrogen) atoms. The minimum Gasteiger partial charge on any atom is -0.422 e. The highest BCUT2D eigenvalue weighted by atomic mass is 79.9. The molecule has 0 unspecified atom stereocenters. The molecule has 0 heterocycles. The van der Waals surface area contributed by atoms with Crippen molar-refractivity contribution in [3.63, 3.8) is 0 Å². The summed E-state index contributed by atoms with van der Waals surface area (Å²) < 4.78 is 5.89. The molecule has 0 radical (unpaired) electrons. The molecule has 2 aromatic carbocycles. The van der Waals surface area contributed by atoms with Crippen LogP contribution < -0.4 is 4.74 Å². The summed E-state index contributed by atoms with van der Waals surface area (Å²) in [6.07, 6.45) is 0. The molecule has 0 atom stereocenters. The minimum absolute atomic E-state index is 0.121. The molecule has 0 fully saturated rings. The number of nitro groups is 1. The average Bonchev–Trinajstić information content (AvgIpc) is 2.48. The summed E-state index contributed by atoms with van der Waals surface area (Å²) in [5.74, 6) is -0.799. The fourth-order valence-corrected chi connectivity index (χ4v) is 2.11. The van der Waals surface area contributed by atoms with Gasteiger partial charge < -0.3 is 4.74 Å². The Kier molecular flexibility index (Phi) is 4.67. The van der Waals surface area contributed by atoms with E-state index in [0.717, 1.165) is 0 Å². The molecule has 0 aliphatic carbocycles. The lowest BCUT2D eigenvalue weighted by Gasteiger charge is -2.08. The summed E-state index contributed by atoms with van der Waals surface area (Å²) in [5.41, 5.74) is 0.303. The van der Waals surface area contributed by atoms with E-state index in [-0.39, 0.29) is 28.3 Å². The molecule has 0 N–H and O–H groups in total. The van der Waals surface area contributed by atoms with Crippen LogP contribution in [0.1, 0.15) is 27.6 Å². The first-order valence-corrected chi connectivity index (χ1v) is 6.95. The fourth-order valence-electron chi connectivity index (χ4n) is 1.74. The van der Waals surface area contributed by atoms with E-state index in [1.54, 1.807) is 12.1 Å². The van der Waals surface area contributed by atoms with Crippen LogP contribution in [-0.4, -0.2) is 16.7 Å². The summed E-state index contributed by atoms with van der Waals surface area (Å²) in [6.45, 7) is 1.37. The summed E-state index contributed by atoms with van der Waals surface area (Å²) in [5, 5.41) is 10.6. The van der Waals surface area contributed by atoms with Gasteiger partial charge in [-0.25, -0.2) is 4.79 Å². The topological polar surface area (TPSA) is 86.5 Å². The zero-order valence-electron chi connectivity index (χ0n) is 11.4. The van der Waals surface area contributed by atoms with Gasteiger partial charge >= 0.3 is 5.97 Å². The Balaban J connectivity index is 2.25. The SMILES string of the molecule is CC(=O)c1cc(Br)ccc1OC(=O)c1ccc([N+](=O)[O-])cc1. The Morgan fingerprint density at radius 2 is 1.77 bits per heavy atom. The summed E-state index contributed by atoms with van der Waals surface area (Å²) in [4.78, 5) is 33.6. The van der Waals surface area contributed by atoms with Crippen LogP contribution >= 0.6 is 15.9 Å². The Labute approximate surface area is 134 Å². The summed E-state index contributed by atoms with van der Waals surface area (Å²) in [7, 11) is 0. The Morgan fingerprint density at radius 3 is 2.32 bits per heavy atom. The Hall–Kier alpha value is -2.54. The van der Waals surface area contributed by atoms with Crippen molar-refractivity contribution in [2.45, 2.75) is 6.92 Å². The molecule has 6 nitrogen and oxygen atoms in total. The summed E-state index contributed by atoms with van der Waals surface area (Å²) >= 11 is 3.24. The highest BCUT2D eigenvalue weighted by Gasteiger charge is 2.15. The molecule has 0 aromatic heterocycles. The highest BCUT2D eigenvalue weighted by Crippen LogP contribution is 2.25. The van der Waals surface area contributed by atoms with Gasteiger partial charge in [-0.05, 0) is 37.3 Å². The predicted octanol–water partition coefficient (Wildman–Crippen LogP) is 3.78. The predicted molar refractivity (Wildman–Crippen MR) is 82.2 cm³/mol. The van der Waals surface area contributed by atoms with Crippen LogP contribution in [0.5, 0.6) is 5.75 Å². The van der Waals surface area contributed by atoms with Crippen molar-refractivity contribution in [1.82, 2.24) is 0 Å². The van der Waals surface area contributed by atoms with E-state index in [9.17, 15) is 19.7 Å². The van der Waals surface area contributed by atoms with E-state index >= 15 is 0 Å². The van der Waals surface area contributed by atoms with Gasteiger partial charge in [0.1, 0.15) is 5.75 Å². The first-order valence-electron chi connectivity index (χ1n) is 6.15. The maximum atomic E-state index is 12.0. The number of hydrogen-bond donors (Lipinski definition) is 0. The number of hydrogen-bond acceptors (Lipinski definition) is 5. The number of Topliss-reactive ketones (excluding diaryl/α,β-unsaturated/α-hetero) is 1. The molecule has 112 valence electrons. The number of rotatable bonds is 4. The van der Waals surface area contributed by atoms with Crippen LogP contribution in [0.3, 0.4) is 0 Å². The molecule has 0 spiro atoms. The van der Waals surface area contributed by atoms with E-state index in [0.29, 0.717) is 4.47 Å². The van der Waals surface area contributed by atoms with Crippen molar-refractivity contribution in [1.29, 1.82) is 0 Å². The van der Waals surface area contributed by atoms with Crippen LogP contribution in [0, 0.1) is 10.1 Å². The van der Waals surface area contributed by atoms with Crippen LogP contribution in [0.15, 0.2) is 46.9 Å². The molecule has 0 saturated heterocycles. The largest absolute Gasteiger partial charge is 0.422 e. The second kappa shape index (κ2) is 6.48. The van der Waals surface area contributed by atoms with Gasteiger partial charge in [0, 0.05) is 16.6 Å². The number of halogens is 1. The molecule has 7 heteroatoms. The third kappa shape index (κ3) is 3.56. The number of ketones is 1. The van der Waals surface area contributed by atoms with Crippen molar-refractivity contribution in [3.8, 4) is 5.75 Å². The normalized spacial score (nSPS) is 10.1. The lowest BCUT2D eigenvalue weighted by atomic mass is 10.1. The van der Waals surface area contributed by atoms with Crippen LogP contribution in [0.25, 0.3) is 0 Å². The molecule has 0 saturated carbocycles. The molecule has 0 aliphatic rings. The third-order valence-electron chi connectivity index (χ3n) is 2.84. The molecule has 0 bridgehead atoms. The van der Waals surface area contributed by atoms with Gasteiger partial charge in [0.05, 0.1) is 16.1 Å². The number of nitro benzene ring substituents is 1. The Bertz CT molecular complexity index is 755. The molecule has 2 rings (SSSR count). The zero-order valence-corrected chi connectivity index (χ0v) is 13.0. The van der Waals surface area contributed by atoms with Gasteiger partial charge in [0.15, 0.2) is 5.78 Å². The van der Waals surface area contributed by atoms with Gasteiger partial charge in [0.2, 0.25) is 0 Å². The molecule has 0 aliphatic heterocycles. The van der Waals surface area contributed by atoms with Crippen molar-refractivity contribution < 1.29 is 19.2 Å². The van der Waals surface area contributed by atoms with Gasteiger partial charge in [0.25, 0.3) is 5.69 Å². The number of carbonyl (C=O) groups excluding carboxylic acids is 2. The number of carbonyl (C=O) groups is 2. The second-order valence-electron chi connectivity index (χ2n) is 4.39. The minimum atomic E-state index is -0.695. The van der Waals surface area contributed by atoms with Gasteiger partial charge in [-0.1, -0.05) is 15.9 Å². The lowest BCUT2D eigenvalue weighted by molar-refractivity contribution is -0.384. The van der Waals surface area contributed by atoms with E-state index in [1.807, 2.05) is 0 Å². The smallest absolute Gasteiger partial charge is 0.343 e. The standard InChI is InChI=1S/C15H10BrNO5/c1-9(18)13-8-11(16)4-7-14(13)22-15(19)10-2-5-12(6-3-10)17(20)21/h2-8H,1H3. The second-order valence-corrected chi connectivity index (χ2v) is 5.31. The van der Waals surface area contributed by atoms with Gasteiger partial charge in [-0.15, -0.1) is 0 Å². The number of ether oxygens (including phenoxy) is 1. The maximum absolute atomic E-state index is 12.0. The number of benzene rings is 2. The fraction of sp³-hybridized carbons (Fsp3) is 0.0667. The first kappa shape index (κ1) is 15.8. The molecule has 0 amide bonds. The lowest BCUT2D eigenvalue weighted by Crippen LogP contribution is -2.11. The van der Waals surface area contributed by atoms with Gasteiger partial charge in [-0.3, -0.25) is 14.9 Å². The third-order valence-corrected chi connectivity index (χ3v) is 3.33. The van der Waals surface area contributed by atoms with E-state index in [2.05, 4.69) is 15.9 Å². The molecular formula is C15H10BrNO5. The van der Waals surface area contributed by atoms with Gasteiger partial charge in [-0.2, -0.15) is 0 Å². The van der Waals surface area contributed by atoms with Crippen molar-refractivity contribution >= 4 is 33.4 Å². The summed E-state index contributed by atoms with van der Waals surface area (Å²) in [6, 6.07) is 9.73. The van der Waals surface area contributed by atoms with Crippen LogP contribution in [0.4, 0.5) is 5.69 Å². The maximum Gasteiger partial charge on any atom is 0.343 e. The van der Waals surface area contributed by atoms with Crippen molar-refractivity contribution in [2.75, 3.05) is 0 Å². The molecule has 2 aromatic rings. The number of esters is 1. The highest BCUT2D eigenvalue weighted by molar-refractivity contribution is 9.10. The van der Waals surface area contributed by atoms with E-state index in [1.165, 1.54) is 37.3 Å². The monoisotopic (exact) mass is 363 g/mol. The average molecular weight is 364 g/mol. The van der Waals surface area contributed by atoms with Crippen LogP contribution in [-0.2, 0) is 0 Å². The Morgan fingerprint density at radius 1 is 1.14 bits per heavy atom. The quantitative estimate of drug-likeness (QED) is 0.271. The van der Waals surface area contributed by atoms with Crippen molar-refractivity contribution in [3.05, 3.63) is 68.2 Å².